The average molecular weight is 356 g/mol. The summed E-state index contributed by atoms with van der Waals surface area (Å²) in [6, 6.07) is 14.0. The number of amides is 3. The normalized spacial score (nSPS) is 10.4. The van der Waals surface area contributed by atoms with Gasteiger partial charge in [0.2, 0.25) is 5.91 Å². The van der Waals surface area contributed by atoms with Gasteiger partial charge in [-0.2, -0.15) is 0 Å². The Morgan fingerprint density at radius 1 is 1.08 bits per heavy atom. The van der Waals surface area contributed by atoms with Crippen LogP contribution in [0.2, 0.25) is 0 Å². The van der Waals surface area contributed by atoms with E-state index in [1.54, 1.807) is 24.3 Å². The Balaban J connectivity index is 1.57. The highest BCUT2D eigenvalue weighted by Crippen LogP contribution is 2.23. The summed E-state index contributed by atoms with van der Waals surface area (Å²) in [6.45, 7) is 0. The largest absolute Gasteiger partial charge is 0.431 e. The van der Waals surface area contributed by atoms with Crippen LogP contribution in [0.5, 0.6) is 0 Å². The number of nitrogens with one attached hydrogen (secondary N) is 3. The number of fused-ring (bicyclic) bond motifs is 1. The number of nitrogens with zero attached hydrogens (tertiary/aromatic N) is 1. The standard InChI is InChI=1S/C17H16N4O3S/c1-18-16(23)20-12-6-4-5-11(9-12)19-15(22)10-25-17-21-13-7-2-3-8-14(13)24-17/h2-9H,10H2,1H3,(H,19,22)(H2,18,20,23). The van der Waals surface area contributed by atoms with Crippen LogP contribution in [0.15, 0.2) is 58.2 Å². The molecule has 0 aliphatic heterocycles. The van der Waals surface area contributed by atoms with Crippen LogP contribution >= 0.6 is 11.8 Å². The number of anilines is 2. The topological polar surface area (TPSA) is 96.3 Å². The second kappa shape index (κ2) is 7.71. The molecule has 0 aliphatic rings. The van der Waals surface area contributed by atoms with E-state index >= 15 is 0 Å². The van der Waals surface area contributed by atoms with E-state index in [9.17, 15) is 9.59 Å². The average Bonchev–Trinajstić information content (AvgIpc) is 3.03. The summed E-state index contributed by atoms with van der Waals surface area (Å²) in [5.74, 6) is -0.0238. The minimum atomic E-state index is -0.324. The zero-order chi connectivity index (χ0) is 17.6. The van der Waals surface area contributed by atoms with E-state index in [-0.39, 0.29) is 17.7 Å². The molecule has 3 rings (SSSR count). The number of urea groups is 1. The Labute approximate surface area is 148 Å². The molecule has 0 saturated heterocycles. The molecule has 8 heteroatoms. The quantitative estimate of drug-likeness (QED) is 0.610. The van der Waals surface area contributed by atoms with Gasteiger partial charge in [0, 0.05) is 18.4 Å². The lowest BCUT2D eigenvalue weighted by molar-refractivity contribution is -0.113. The first-order valence-electron chi connectivity index (χ1n) is 7.51. The van der Waals surface area contributed by atoms with Crippen LogP contribution in [-0.2, 0) is 4.79 Å². The fraction of sp³-hybridized carbons (Fsp3) is 0.118. The molecule has 3 aromatic rings. The predicted molar refractivity (Wildman–Crippen MR) is 97.9 cm³/mol. The molecule has 0 saturated carbocycles. The highest BCUT2D eigenvalue weighted by atomic mass is 32.2. The van der Waals surface area contributed by atoms with Gasteiger partial charge in [0.05, 0.1) is 5.75 Å². The van der Waals surface area contributed by atoms with Crippen LogP contribution in [0, 0.1) is 0 Å². The number of benzene rings is 2. The number of thioether (sulfide) groups is 1. The zero-order valence-electron chi connectivity index (χ0n) is 13.4. The third-order valence-electron chi connectivity index (χ3n) is 3.23. The fourth-order valence-corrected chi connectivity index (χ4v) is 2.74. The summed E-state index contributed by atoms with van der Waals surface area (Å²) in [4.78, 5) is 27.7. The Hall–Kier alpha value is -3.00. The van der Waals surface area contributed by atoms with Crippen molar-refractivity contribution in [3.05, 3.63) is 48.5 Å². The molecule has 0 radical (unpaired) electrons. The Kier molecular flexibility index (Phi) is 5.20. The van der Waals surface area contributed by atoms with Crippen molar-refractivity contribution in [2.24, 2.45) is 0 Å². The molecular formula is C17H16N4O3S. The molecule has 1 aromatic heterocycles. The van der Waals surface area contributed by atoms with Crippen molar-refractivity contribution in [1.82, 2.24) is 10.3 Å². The van der Waals surface area contributed by atoms with Crippen LogP contribution in [0.25, 0.3) is 11.1 Å². The number of carbonyl (C=O) groups excluding carboxylic acids is 2. The molecule has 0 unspecified atom stereocenters. The van der Waals surface area contributed by atoms with Crippen molar-refractivity contribution in [1.29, 1.82) is 0 Å². The summed E-state index contributed by atoms with van der Waals surface area (Å²) in [6.07, 6.45) is 0. The van der Waals surface area contributed by atoms with Crippen LogP contribution in [-0.4, -0.2) is 29.7 Å². The van der Waals surface area contributed by atoms with Gasteiger partial charge in [0.25, 0.3) is 5.22 Å². The second-order valence-electron chi connectivity index (χ2n) is 5.07. The van der Waals surface area contributed by atoms with Gasteiger partial charge in [-0.3, -0.25) is 4.79 Å². The lowest BCUT2D eigenvalue weighted by atomic mass is 10.3. The van der Waals surface area contributed by atoms with E-state index in [0.717, 1.165) is 5.52 Å². The maximum Gasteiger partial charge on any atom is 0.318 e. The molecule has 25 heavy (non-hydrogen) atoms. The van der Waals surface area contributed by atoms with E-state index in [1.807, 2.05) is 24.3 Å². The number of para-hydroxylation sites is 2. The van der Waals surface area contributed by atoms with Gasteiger partial charge in [-0.25, -0.2) is 9.78 Å². The van der Waals surface area contributed by atoms with Crippen LogP contribution < -0.4 is 16.0 Å². The maximum absolute atomic E-state index is 12.1. The molecule has 0 atom stereocenters. The summed E-state index contributed by atoms with van der Waals surface area (Å²) in [5.41, 5.74) is 2.64. The smallest absolute Gasteiger partial charge is 0.318 e. The number of carbonyl (C=O) groups is 2. The number of rotatable bonds is 5. The molecule has 3 amide bonds. The molecule has 0 aliphatic carbocycles. The minimum absolute atomic E-state index is 0.167. The van der Waals surface area contributed by atoms with Crippen LogP contribution in [0.4, 0.5) is 16.2 Å². The zero-order valence-corrected chi connectivity index (χ0v) is 14.2. The SMILES string of the molecule is CNC(=O)Nc1cccc(NC(=O)CSc2nc3ccccc3o2)c1. The molecule has 2 aromatic carbocycles. The summed E-state index contributed by atoms with van der Waals surface area (Å²) in [7, 11) is 1.53. The first-order chi connectivity index (χ1) is 12.1. The summed E-state index contributed by atoms with van der Waals surface area (Å²) in [5, 5.41) is 8.34. The number of oxazole rings is 1. The second-order valence-corrected chi connectivity index (χ2v) is 6.00. The third kappa shape index (κ3) is 4.51. The lowest BCUT2D eigenvalue weighted by Crippen LogP contribution is -2.24. The van der Waals surface area contributed by atoms with Gasteiger partial charge in [-0.1, -0.05) is 30.0 Å². The molecule has 3 N–H and O–H groups in total. The summed E-state index contributed by atoms with van der Waals surface area (Å²) < 4.78 is 5.56. The molecule has 128 valence electrons. The molecule has 0 bridgehead atoms. The number of hydrogen-bond acceptors (Lipinski definition) is 5. The van der Waals surface area contributed by atoms with Crippen molar-refractivity contribution >= 4 is 46.2 Å². The fourth-order valence-electron chi connectivity index (χ4n) is 2.11. The lowest BCUT2D eigenvalue weighted by Gasteiger charge is -2.08. The monoisotopic (exact) mass is 356 g/mol. The first kappa shape index (κ1) is 16.8. The van der Waals surface area contributed by atoms with Gasteiger partial charge >= 0.3 is 6.03 Å². The van der Waals surface area contributed by atoms with Gasteiger partial charge in [0.1, 0.15) is 5.52 Å². The van der Waals surface area contributed by atoms with E-state index in [2.05, 4.69) is 20.9 Å². The van der Waals surface area contributed by atoms with Gasteiger partial charge < -0.3 is 20.4 Å². The van der Waals surface area contributed by atoms with Crippen LogP contribution in [0.1, 0.15) is 0 Å². The minimum Gasteiger partial charge on any atom is -0.431 e. The summed E-state index contributed by atoms with van der Waals surface area (Å²) >= 11 is 1.22. The Morgan fingerprint density at radius 3 is 2.60 bits per heavy atom. The number of hydrogen-bond donors (Lipinski definition) is 3. The first-order valence-corrected chi connectivity index (χ1v) is 8.49. The third-order valence-corrected chi connectivity index (χ3v) is 4.06. The Bertz CT molecular complexity index is 877. The van der Waals surface area contributed by atoms with Crippen LogP contribution in [0.3, 0.4) is 0 Å². The predicted octanol–water partition coefficient (Wildman–Crippen LogP) is 3.31. The van der Waals surface area contributed by atoms with Crippen molar-refractivity contribution in [3.63, 3.8) is 0 Å². The highest BCUT2D eigenvalue weighted by Gasteiger charge is 2.09. The maximum atomic E-state index is 12.1. The number of aromatic nitrogens is 1. The van der Waals surface area contributed by atoms with Gasteiger partial charge in [0.15, 0.2) is 5.58 Å². The van der Waals surface area contributed by atoms with Crippen molar-refractivity contribution in [2.75, 3.05) is 23.4 Å². The molecule has 7 nitrogen and oxygen atoms in total. The van der Waals surface area contributed by atoms with Crippen molar-refractivity contribution < 1.29 is 14.0 Å². The van der Waals surface area contributed by atoms with E-state index in [1.165, 1.54) is 18.8 Å². The van der Waals surface area contributed by atoms with Crippen molar-refractivity contribution in [2.45, 2.75) is 5.22 Å². The molecular weight excluding hydrogens is 340 g/mol. The molecule has 0 fully saturated rings. The van der Waals surface area contributed by atoms with Crippen molar-refractivity contribution in [3.8, 4) is 0 Å². The van der Waals surface area contributed by atoms with E-state index < -0.39 is 0 Å². The Morgan fingerprint density at radius 2 is 1.84 bits per heavy atom. The van der Waals surface area contributed by atoms with E-state index in [0.29, 0.717) is 22.2 Å². The van der Waals surface area contributed by atoms with Gasteiger partial charge in [-0.05, 0) is 30.3 Å². The molecule has 0 spiro atoms. The molecule has 1 heterocycles. The van der Waals surface area contributed by atoms with Gasteiger partial charge in [-0.15, -0.1) is 0 Å². The highest BCUT2D eigenvalue weighted by molar-refractivity contribution is 7.99. The van der Waals surface area contributed by atoms with E-state index in [4.69, 9.17) is 4.42 Å².